The Morgan fingerprint density at radius 3 is 2.30 bits per heavy atom. The second-order valence-corrected chi connectivity index (χ2v) is 8.79. The van der Waals surface area contributed by atoms with Crippen LogP contribution in [0.2, 0.25) is 0 Å². The van der Waals surface area contributed by atoms with Crippen molar-refractivity contribution in [3.8, 4) is 0 Å². The van der Waals surface area contributed by atoms with Gasteiger partial charge in [0.25, 0.3) is 0 Å². The Morgan fingerprint density at radius 2 is 1.52 bits per heavy atom. The number of hydrogen-bond acceptors (Lipinski definition) is 4. The first-order valence-electron chi connectivity index (χ1n) is 10.7. The molecule has 4 aromatic carbocycles. The maximum atomic E-state index is 13.2. The van der Waals surface area contributed by atoms with Crippen LogP contribution in [0.25, 0.3) is 10.8 Å². The lowest BCUT2D eigenvalue weighted by Crippen LogP contribution is -2.45. The zero-order valence-electron chi connectivity index (χ0n) is 17.7. The van der Waals surface area contributed by atoms with Crippen LogP contribution in [-0.2, 0) is 9.59 Å². The highest BCUT2D eigenvalue weighted by molar-refractivity contribution is 8.15. The number of rotatable bonds is 4. The van der Waals surface area contributed by atoms with Crippen molar-refractivity contribution in [2.24, 2.45) is 4.99 Å². The third-order valence-electron chi connectivity index (χ3n) is 5.38. The minimum atomic E-state index is -0.584. The van der Waals surface area contributed by atoms with E-state index < -0.39 is 5.25 Å². The van der Waals surface area contributed by atoms with Gasteiger partial charge in [-0.25, -0.2) is 4.99 Å². The molecule has 5 rings (SSSR count). The van der Waals surface area contributed by atoms with Crippen molar-refractivity contribution in [2.75, 3.05) is 10.2 Å². The molecule has 0 radical (unpaired) electrons. The number of thioether (sulfide) groups is 1. The molecule has 1 aliphatic heterocycles. The first-order chi connectivity index (χ1) is 16.2. The van der Waals surface area contributed by atoms with Gasteiger partial charge in [0.05, 0.1) is 11.4 Å². The van der Waals surface area contributed by atoms with E-state index in [1.54, 1.807) is 4.90 Å². The number of amidine groups is 1. The van der Waals surface area contributed by atoms with Crippen LogP contribution >= 0.6 is 11.8 Å². The van der Waals surface area contributed by atoms with Crippen molar-refractivity contribution < 1.29 is 9.59 Å². The molecule has 33 heavy (non-hydrogen) atoms. The number of benzene rings is 4. The fourth-order valence-corrected chi connectivity index (χ4v) is 4.91. The third-order valence-corrected chi connectivity index (χ3v) is 6.53. The number of carbonyl (C=O) groups is 2. The Bertz CT molecular complexity index is 1330. The monoisotopic (exact) mass is 451 g/mol. The highest BCUT2D eigenvalue weighted by Gasteiger charge is 2.36. The largest absolute Gasteiger partial charge is 0.325 e. The molecule has 6 heteroatoms. The number of para-hydroxylation sites is 2. The van der Waals surface area contributed by atoms with Gasteiger partial charge in [0.2, 0.25) is 11.8 Å². The SMILES string of the molecule is O=C(Nc1cccc2ccccc12)[C@H]1CC(=O)N(c2ccccc2)C(=Nc2ccccc2)S1. The number of hydrogen-bond donors (Lipinski definition) is 1. The number of anilines is 2. The van der Waals surface area contributed by atoms with Gasteiger partial charge in [-0.3, -0.25) is 14.5 Å². The molecular formula is C27H21N3O2S. The van der Waals surface area contributed by atoms with Gasteiger partial charge in [-0.05, 0) is 35.7 Å². The van der Waals surface area contributed by atoms with Crippen molar-refractivity contribution in [1.29, 1.82) is 0 Å². The van der Waals surface area contributed by atoms with Crippen LogP contribution in [0.4, 0.5) is 17.1 Å². The first-order valence-corrected chi connectivity index (χ1v) is 11.5. The minimum absolute atomic E-state index is 0.0873. The van der Waals surface area contributed by atoms with Gasteiger partial charge in [-0.2, -0.15) is 0 Å². The summed E-state index contributed by atoms with van der Waals surface area (Å²) in [4.78, 5) is 32.8. The van der Waals surface area contributed by atoms with Crippen molar-refractivity contribution in [1.82, 2.24) is 0 Å². The molecule has 0 spiro atoms. The van der Waals surface area contributed by atoms with E-state index in [2.05, 4.69) is 5.32 Å². The van der Waals surface area contributed by atoms with E-state index in [1.807, 2.05) is 103 Å². The van der Waals surface area contributed by atoms with Crippen molar-refractivity contribution >= 4 is 56.6 Å². The zero-order chi connectivity index (χ0) is 22.6. The molecular weight excluding hydrogens is 430 g/mol. The predicted octanol–water partition coefficient (Wildman–Crippen LogP) is 6.00. The molecule has 1 N–H and O–H groups in total. The molecule has 5 nitrogen and oxygen atoms in total. The summed E-state index contributed by atoms with van der Waals surface area (Å²) in [6, 6.07) is 32.6. The molecule has 1 fully saturated rings. The molecule has 0 aliphatic carbocycles. The Hall–Kier alpha value is -3.90. The average Bonchev–Trinajstić information content (AvgIpc) is 2.85. The first kappa shape index (κ1) is 21.0. The summed E-state index contributed by atoms with van der Waals surface area (Å²) in [6.07, 6.45) is 0.0873. The lowest BCUT2D eigenvalue weighted by Gasteiger charge is -2.31. The second-order valence-electron chi connectivity index (χ2n) is 7.62. The molecule has 1 aliphatic rings. The molecule has 2 amide bonds. The summed E-state index contributed by atoms with van der Waals surface area (Å²) >= 11 is 1.31. The number of nitrogens with one attached hydrogen (secondary N) is 1. The van der Waals surface area contributed by atoms with Gasteiger partial charge < -0.3 is 5.32 Å². The maximum Gasteiger partial charge on any atom is 0.238 e. The molecule has 0 aromatic heterocycles. The number of carbonyl (C=O) groups excluding carboxylic acids is 2. The molecule has 0 unspecified atom stereocenters. The Labute approximate surface area is 196 Å². The smallest absolute Gasteiger partial charge is 0.238 e. The number of fused-ring (bicyclic) bond motifs is 1. The molecule has 162 valence electrons. The minimum Gasteiger partial charge on any atom is -0.325 e. The summed E-state index contributed by atoms with van der Waals surface area (Å²) in [5.74, 6) is -0.370. The van der Waals surface area contributed by atoms with E-state index in [0.717, 1.165) is 27.8 Å². The standard InChI is InChI=1S/C27H21N3O2S/c31-25-18-24(26(32)29-23-17-9-11-19-10-7-8-16-22(19)23)33-27(28-20-12-3-1-4-13-20)30(25)21-14-5-2-6-15-21/h1-17,24H,18H2,(H,29,32)/t24-/m1/s1. The van der Waals surface area contributed by atoms with Crippen molar-refractivity contribution in [2.45, 2.75) is 11.7 Å². The van der Waals surface area contributed by atoms with Crippen LogP contribution in [0.15, 0.2) is 108 Å². The summed E-state index contributed by atoms with van der Waals surface area (Å²) in [6.45, 7) is 0. The number of nitrogens with zero attached hydrogens (tertiary/aromatic N) is 2. The van der Waals surface area contributed by atoms with Gasteiger partial charge in [0, 0.05) is 17.5 Å². The van der Waals surface area contributed by atoms with Crippen LogP contribution < -0.4 is 10.2 Å². The van der Waals surface area contributed by atoms with E-state index in [1.165, 1.54) is 11.8 Å². The van der Waals surface area contributed by atoms with E-state index in [4.69, 9.17) is 4.99 Å². The van der Waals surface area contributed by atoms with Gasteiger partial charge in [0.15, 0.2) is 5.17 Å². The quantitative estimate of drug-likeness (QED) is 0.414. The van der Waals surface area contributed by atoms with Crippen molar-refractivity contribution in [3.63, 3.8) is 0 Å². The summed E-state index contributed by atoms with van der Waals surface area (Å²) in [5.41, 5.74) is 2.19. The van der Waals surface area contributed by atoms with Gasteiger partial charge >= 0.3 is 0 Å². The summed E-state index contributed by atoms with van der Waals surface area (Å²) in [5, 5.41) is 4.94. The van der Waals surface area contributed by atoms with Crippen LogP contribution in [0.3, 0.4) is 0 Å². The second kappa shape index (κ2) is 9.30. The Morgan fingerprint density at radius 1 is 0.848 bits per heavy atom. The average molecular weight is 452 g/mol. The van der Waals surface area contributed by atoms with Gasteiger partial charge in [-0.1, -0.05) is 84.6 Å². The highest BCUT2D eigenvalue weighted by Crippen LogP contribution is 2.33. The summed E-state index contributed by atoms with van der Waals surface area (Å²) < 4.78 is 0. The van der Waals surface area contributed by atoms with Gasteiger partial charge in [-0.15, -0.1) is 0 Å². The molecule has 1 heterocycles. The molecule has 1 atom stereocenters. The van der Waals surface area contributed by atoms with Crippen LogP contribution in [0, 0.1) is 0 Å². The van der Waals surface area contributed by atoms with Crippen LogP contribution in [0.1, 0.15) is 6.42 Å². The molecule has 4 aromatic rings. The third kappa shape index (κ3) is 4.52. The number of aliphatic imine (C=N–C) groups is 1. The van der Waals surface area contributed by atoms with E-state index in [-0.39, 0.29) is 18.2 Å². The lowest BCUT2D eigenvalue weighted by atomic mass is 10.1. The molecule has 0 saturated carbocycles. The normalized spacial score (nSPS) is 17.3. The van der Waals surface area contributed by atoms with Crippen LogP contribution in [-0.4, -0.2) is 22.2 Å². The molecule has 1 saturated heterocycles. The van der Waals surface area contributed by atoms with Gasteiger partial charge in [0.1, 0.15) is 5.25 Å². The van der Waals surface area contributed by atoms with E-state index in [9.17, 15) is 9.59 Å². The van der Waals surface area contributed by atoms with Crippen molar-refractivity contribution in [3.05, 3.63) is 103 Å². The maximum absolute atomic E-state index is 13.2. The zero-order valence-corrected chi connectivity index (χ0v) is 18.5. The fraction of sp³-hybridized carbons (Fsp3) is 0.0741. The van der Waals surface area contributed by atoms with Crippen LogP contribution in [0.5, 0.6) is 0 Å². The number of amides is 2. The topological polar surface area (TPSA) is 61.8 Å². The fourth-order valence-electron chi connectivity index (χ4n) is 3.79. The predicted molar refractivity (Wildman–Crippen MR) is 136 cm³/mol. The van der Waals surface area contributed by atoms with E-state index in [0.29, 0.717) is 5.17 Å². The van der Waals surface area contributed by atoms with E-state index >= 15 is 0 Å². The lowest BCUT2D eigenvalue weighted by molar-refractivity contribution is -0.121. The molecule has 0 bridgehead atoms. The Balaban J connectivity index is 1.45. The Kier molecular flexibility index (Phi) is 5.91. The highest BCUT2D eigenvalue weighted by atomic mass is 32.2. The summed E-state index contributed by atoms with van der Waals surface area (Å²) in [7, 11) is 0.